The maximum Gasteiger partial charge on any atom is 0.0641 e. The van der Waals surface area contributed by atoms with Crippen LogP contribution >= 0.6 is 0 Å². The molecule has 0 aliphatic carbocycles. The van der Waals surface area contributed by atoms with Gasteiger partial charge in [0.05, 0.1) is 12.5 Å². The third-order valence-electron chi connectivity index (χ3n) is 3.22. The van der Waals surface area contributed by atoms with Gasteiger partial charge in [-0.1, -0.05) is 56.5 Å². The number of hydrogen-bond donors (Lipinski definition) is 1. The molecule has 18 heavy (non-hydrogen) atoms. The zero-order valence-electron chi connectivity index (χ0n) is 11.5. The van der Waals surface area contributed by atoms with E-state index in [-0.39, 0.29) is 6.04 Å². The Bertz CT molecular complexity index is 353. The smallest absolute Gasteiger partial charge is 0.0641 e. The summed E-state index contributed by atoms with van der Waals surface area (Å²) in [5.41, 5.74) is 1.21. The van der Waals surface area contributed by atoms with E-state index in [0.29, 0.717) is 12.5 Å². The Kier molecular flexibility index (Phi) is 7.13. The Balaban J connectivity index is 2.51. The summed E-state index contributed by atoms with van der Waals surface area (Å²) in [6.45, 7) is 4.43. The molecule has 0 heterocycles. The minimum Gasteiger partial charge on any atom is -0.307 e. The fourth-order valence-electron chi connectivity index (χ4n) is 2.18. The van der Waals surface area contributed by atoms with Crippen LogP contribution in [-0.4, -0.2) is 6.04 Å². The summed E-state index contributed by atoms with van der Waals surface area (Å²) in [4.78, 5) is 0. The number of hydrogen-bond acceptors (Lipinski definition) is 2. The van der Waals surface area contributed by atoms with Crippen LogP contribution in [0.4, 0.5) is 0 Å². The maximum absolute atomic E-state index is 8.94. The maximum atomic E-state index is 8.94. The van der Waals surface area contributed by atoms with Crippen molar-refractivity contribution < 1.29 is 0 Å². The van der Waals surface area contributed by atoms with Gasteiger partial charge in [0, 0.05) is 12.1 Å². The molecule has 0 aromatic heterocycles. The summed E-state index contributed by atoms with van der Waals surface area (Å²) >= 11 is 0. The number of nitrogens with one attached hydrogen (secondary N) is 1. The van der Waals surface area contributed by atoms with Gasteiger partial charge in [-0.05, 0) is 18.9 Å². The fraction of sp³-hybridized carbons (Fsp3) is 0.562. The van der Waals surface area contributed by atoms with Crippen LogP contribution in [0.2, 0.25) is 0 Å². The van der Waals surface area contributed by atoms with Gasteiger partial charge in [-0.3, -0.25) is 0 Å². The van der Waals surface area contributed by atoms with Crippen molar-refractivity contribution in [1.29, 1.82) is 5.26 Å². The van der Waals surface area contributed by atoms with Gasteiger partial charge in [0.25, 0.3) is 0 Å². The SMILES string of the molecule is CCCCCC(C)NC(CC#N)c1ccccc1. The molecule has 0 saturated carbocycles. The van der Waals surface area contributed by atoms with E-state index in [4.69, 9.17) is 5.26 Å². The van der Waals surface area contributed by atoms with E-state index >= 15 is 0 Å². The van der Waals surface area contributed by atoms with Crippen LogP contribution in [0.15, 0.2) is 30.3 Å². The molecular formula is C16H24N2. The molecule has 98 valence electrons. The largest absolute Gasteiger partial charge is 0.307 e. The highest BCUT2D eigenvalue weighted by atomic mass is 14.9. The number of rotatable bonds is 8. The Hall–Kier alpha value is -1.33. The summed E-state index contributed by atoms with van der Waals surface area (Å²) in [5, 5.41) is 12.5. The molecule has 2 unspecified atom stereocenters. The zero-order chi connectivity index (χ0) is 13.2. The zero-order valence-corrected chi connectivity index (χ0v) is 11.5. The minimum absolute atomic E-state index is 0.160. The van der Waals surface area contributed by atoms with E-state index in [1.165, 1.54) is 31.2 Å². The van der Waals surface area contributed by atoms with Gasteiger partial charge in [-0.15, -0.1) is 0 Å². The summed E-state index contributed by atoms with van der Waals surface area (Å²) in [7, 11) is 0. The van der Waals surface area contributed by atoms with Gasteiger partial charge in [0.1, 0.15) is 0 Å². The molecule has 1 N–H and O–H groups in total. The standard InChI is InChI=1S/C16H24N2/c1-3-4-6-9-14(2)18-16(12-13-17)15-10-7-5-8-11-15/h5,7-8,10-11,14,16,18H,3-4,6,9,12H2,1-2H3. The lowest BCUT2D eigenvalue weighted by molar-refractivity contribution is 0.426. The highest BCUT2D eigenvalue weighted by Gasteiger charge is 2.13. The normalized spacial score (nSPS) is 13.8. The van der Waals surface area contributed by atoms with Crippen LogP contribution in [-0.2, 0) is 0 Å². The van der Waals surface area contributed by atoms with Gasteiger partial charge >= 0.3 is 0 Å². The average Bonchev–Trinajstić information content (AvgIpc) is 2.39. The lowest BCUT2D eigenvalue weighted by Gasteiger charge is -2.21. The predicted molar refractivity (Wildman–Crippen MR) is 76.2 cm³/mol. The number of benzene rings is 1. The van der Waals surface area contributed by atoms with Crippen molar-refractivity contribution in [3.8, 4) is 6.07 Å². The van der Waals surface area contributed by atoms with Crippen molar-refractivity contribution in [1.82, 2.24) is 5.32 Å². The molecule has 0 fully saturated rings. The second-order valence-electron chi connectivity index (χ2n) is 4.89. The van der Waals surface area contributed by atoms with E-state index in [1.807, 2.05) is 18.2 Å². The molecule has 2 atom stereocenters. The topological polar surface area (TPSA) is 35.8 Å². The van der Waals surface area contributed by atoms with Gasteiger partial charge in [0.2, 0.25) is 0 Å². The molecule has 1 aromatic carbocycles. The van der Waals surface area contributed by atoms with Crippen molar-refractivity contribution in [2.75, 3.05) is 0 Å². The third kappa shape index (κ3) is 5.33. The summed E-state index contributed by atoms with van der Waals surface area (Å²) < 4.78 is 0. The monoisotopic (exact) mass is 244 g/mol. The van der Waals surface area contributed by atoms with Crippen molar-refractivity contribution in [2.45, 2.75) is 58.0 Å². The van der Waals surface area contributed by atoms with E-state index in [1.54, 1.807) is 0 Å². The van der Waals surface area contributed by atoms with Gasteiger partial charge in [0.15, 0.2) is 0 Å². The van der Waals surface area contributed by atoms with Crippen LogP contribution in [0.5, 0.6) is 0 Å². The second-order valence-corrected chi connectivity index (χ2v) is 4.89. The lowest BCUT2D eigenvalue weighted by Crippen LogP contribution is -2.30. The molecule has 2 nitrogen and oxygen atoms in total. The average molecular weight is 244 g/mol. The minimum atomic E-state index is 0.160. The third-order valence-corrected chi connectivity index (χ3v) is 3.22. The van der Waals surface area contributed by atoms with E-state index in [2.05, 4.69) is 37.4 Å². The number of nitriles is 1. The first-order valence-corrected chi connectivity index (χ1v) is 6.95. The van der Waals surface area contributed by atoms with Crippen molar-refractivity contribution in [3.05, 3.63) is 35.9 Å². The fourth-order valence-corrected chi connectivity index (χ4v) is 2.18. The van der Waals surface area contributed by atoms with Crippen LogP contribution in [0.3, 0.4) is 0 Å². The number of nitrogens with zero attached hydrogens (tertiary/aromatic N) is 1. The lowest BCUT2D eigenvalue weighted by atomic mass is 10.0. The Morgan fingerprint density at radius 3 is 2.56 bits per heavy atom. The Labute approximate surface area is 111 Å². The molecule has 0 amide bonds. The molecular weight excluding hydrogens is 220 g/mol. The molecule has 0 aliphatic heterocycles. The van der Waals surface area contributed by atoms with Crippen LogP contribution < -0.4 is 5.32 Å². The molecule has 0 radical (unpaired) electrons. The van der Waals surface area contributed by atoms with Crippen LogP contribution in [0.25, 0.3) is 0 Å². The van der Waals surface area contributed by atoms with E-state index in [9.17, 15) is 0 Å². The van der Waals surface area contributed by atoms with Gasteiger partial charge in [-0.2, -0.15) is 5.26 Å². The molecule has 0 bridgehead atoms. The molecule has 0 aliphatic rings. The highest BCUT2D eigenvalue weighted by molar-refractivity contribution is 5.20. The molecule has 2 heteroatoms. The number of unbranched alkanes of at least 4 members (excludes halogenated alkanes) is 2. The molecule has 1 rings (SSSR count). The predicted octanol–water partition coefficient (Wildman–Crippen LogP) is 4.20. The molecule has 0 spiro atoms. The first-order chi connectivity index (χ1) is 8.77. The van der Waals surface area contributed by atoms with E-state index < -0.39 is 0 Å². The molecule has 1 aromatic rings. The molecule has 0 saturated heterocycles. The highest BCUT2D eigenvalue weighted by Crippen LogP contribution is 2.17. The van der Waals surface area contributed by atoms with Gasteiger partial charge < -0.3 is 5.32 Å². The first-order valence-electron chi connectivity index (χ1n) is 6.95. The van der Waals surface area contributed by atoms with Crippen LogP contribution in [0.1, 0.15) is 57.6 Å². The van der Waals surface area contributed by atoms with Crippen molar-refractivity contribution in [2.24, 2.45) is 0 Å². The van der Waals surface area contributed by atoms with Crippen LogP contribution in [0, 0.1) is 11.3 Å². The Morgan fingerprint density at radius 1 is 1.22 bits per heavy atom. The van der Waals surface area contributed by atoms with E-state index in [0.717, 1.165) is 0 Å². The quantitative estimate of drug-likeness (QED) is 0.696. The van der Waals surface area contributed by atoms with Gasteiger partial charge in [-0.25, -0.2) is 0 Å². The summed E-state index contributed by atoms with van der Waals surface area (Å²) in [5.74, 6) is 0. The van der Waals surface area contributed by atoms with Crippen molar-refractivity contribution >= 4 is 0 Å². The first kappa shape index (κ1) is 14.7. The Morgan fingerprint density at radius 2 is 1.94 bits per heavy atom. The summed E-state index contributed by atoms with van der Waals surface area (Å²) in [6, 6.07) is 13.2. The summed E-state index contributed by atoms with van der Waals surface area (Å²) in [6.07, 6.45) is 5.52. The second kappa shape index (κ2) is 8.72. The van der Waals surface area contributed by atoms with Crippen molar-refractivity contribution in [3.63, 3.8) is 0 Å².